The monoisotopic (exact) mass is 480 g/mol. The van der Waals surface area contributed by atoms with Crippen molar-refractivity contribution in [1.29, 1.82) is 5.26 Å². The third-order valence-electron chi connectivity index (χ3n) is 6.32. The average Bonchev–Trinajstić information content (AvgIpc) is 2.86. The Morgan fingerprint density at radius 2 is 1.77 bits per heavy atom. The summed E-state index contributed by atoms with van der Waals surface area (Å²) in [5.74, 6) is 1.23. The van der Waals surface area contributed by atoms with Crippen LogP contribution in [0.3, 0.4) is 0 Å². The number of ether oxygens (including phenoxy) is 2. The van der Waals surface area contributed by atoms with Crippen LogP contribution in [0.25, 0.3) is 0 Å². The molecule has 0 spiro atoms. The van der Waals surface area contributed by atoms with Gasteiger partial charge in [0.05, 0.1) is 16.6 Å². The van der Waals surface area contributed by atoms with E-state index in [-0.39, 0.29) is 25.0 Å². The van der Waals surface area contributed by atoms with Crippen molar-refractivity contribution >= 4 is 11.8 Å². The lowest BCUT2D eigenvalue weighted by molar-refractivity contribution is -0.384. The van der Waals surface area contributed by atoms with E-state index in [4.69, 9.17) is 14.7 Å². The molecule has 2 aromatic carbocycles. The standard InChI is InChI=1S/C25H28N4O6/c26-10-18-3-7-24(8-4-18)34-17-23(30)15-27-11-20-9-21(12-27)14-28(13-20)25(31)35-16-19-1-5-22(6-2-19)29(32)33/h1-8,20-21,23,30H,9,11-17H2. The van der Waals surface area contributed by atoms with Gasteiger partial charge in [-0.25, -0.2) is 4.79 Å². The van der Waals surface area contributed by atoms with Gasteiger partial charge < -0.3 is 19.5 Å². The summed E-state index contributed by atoms with van der Waals surface area (Å²) in [4.78, 5) is 26.9. The number of amides is 1. The Hall–Kier alpha value is -3.68. The molecule has 0 aliphatic carbocycles. The van der Waals surface area contributed by atoms with Gasteiger partial charge >= 0.3 is 6.09 Å². The molecule has 10 heteroatoms. The molecule has 184 valence electrons. The first-order valence-electron chi connectivity index (χ1n) is 11.6. The first-order chi connectivity index (χ1) is 16.9. The van der Waals surface area contributed by atoms with Crippen molar-refractivity contribution in [2.75, 3.05) is 39.3 Å². The molecule has 0 saturated carbocycles. The summed E-state index contributed by atoms with van der Waals surface area (Å²) in [6.45, 7) is 3.51. The van der Waals surface area contributed by atoms with Gasteiger partial charge in [0.25, 0.3) is 5.69 Å². The number of likely N-dealkylation sites (tertiary alicyclic amines) is 2. The Balaban J connectivity index is 1.20. The summed E-state index contributed by atoms with van der Waals surface area (Å²) in [7, 11) is 0. The van der Waals surface area contributed by atoms with Crippen LogP contribution in [0.1, 0.15) is 17.5 Å². The Bertz CT molecular complexity index is 1050. The van der Waals surface area contributed by atoms with Crippen molar-refractivity contribution in [2.24, 2.45) is 11.8 Å². The van der Waals surface area contributed by atoms with E-state index in [0.717, 1.165) is 19.5 Å². The fourth-order valence-corrected chi connectivity index (χ4v) is 4.80. The predicted octanol–water partition coefficient (Wildman–Crippen LogP) is 2.80. The van der Waals surface area contributed by atoms with Crippen LogP contribution >= 0.6 is 0 Å². The fraction of sp³-hybridized carbons (Fsp3) is 0.440. The molecule has 2 aliphatic heterocycles. The van der Waals surface area contributed by atoms with Gasteiger partial charge in [-0.1, -0.05) is 0 Å². The first kappa shape index (κ1) is 24.4. The van der Waals surface area contributed by atoms with E-state index in [1.807, 2.05) is 0 Å². The van der Waals surface area contributed by atoms with Crippen molar-refractivity contribution in [3.63, 3.8) is 0 Å². The molecule has 35 heavy (non-hydrogen) atoms. The highest BCUT2D eigenvalue weighted by molar-refractivity contribution is 5.67. The second-order valence-corrected chi connectivity index (χ2v) is 9.17. The number of aliphatic hydroxyl groups excluding tert-OH is 1. The molecule has 3 unspecified atom stereocenters. The molecule has 10 nitrogen and oxygen atoms in total. The van der Waals surface area contributed by atoms with E-state index in [1.165, 1.54) is 12.1 Å². The van der Waals surface area contributed by atoms with E-state index in [2.05, 4.69) is 11.0 Å². The zero-order chi connectivity index (χ0) is 24.8. The van der Waals surface area contributed by atoms with Crippen molar-refractivity contribution in [3.05, 3.63) is 69.8 Å². The number of carbonyl (C=O) groups excluding carboxylic acids is 1. The third kappa shape index (κ3) is 6.68. The summed E-state index contributed by atoms with van der Waals surface area (Å²) < 4.78 is 11.1. The summed E-state index contributed by atoms with van der Waals surface area (Å²) >= 11 is 0. The van der Waals surface area contributed by atoms with Crippen LogP contribution in [0, 0.1) is 33.3 Å². The van der Waals surface area contributed by atoms with Gasteiger partial charge in [-0.3, -0.25) is 15.0 Å². The molecule has 2 saturated heterocycles. The zero-order valence-electron chi connectivity index (χ0n) is 19.3. The Morgan fingerprint density at radius 3 is 2.37 bits per heavy atom. The molecule has 2 fully saturated rings. The number of carbonyl (C=O) groups is 1. The maximum absolute atomic E-state index is 12.6. The van der Waals surface area contributed by atoms with Gasteiger partial charge in [0, 0.05) is 44.9 Å². The molecular weight excluding hydrogens is 452 g/mol. The maximum Gasteiger partial charge on any atom is 0.410 e. The number of nitro benzene ring substituents is 1. The van der Waals surface area contributed by atoms with Crippen molar-refractivity contribution in [3.8, 4) is 11.8 Å². The number of non-ortho nitro benzene ring substituents is 1. The number of aliphatic hydroxyl groups is 1. The number of piperidine rings is 2. The highest BCUT2D eigenvalue weighted by Gasteiger charge is 2.36. The summed E-state index contributed by atoms with van der Waals surface area (Å²) in [6.07, 6.45) is 0.0232. The largest absolute Gasteiger partial charge is 0.491 e. The van der Waals surface area contributed by atoms with Gasteiger partial charge in [-0.2, -0.15) is 5.26 Å². The number of rotatable bonds is 8. The number of nitrogens with zero attached hydrogens (tertiary/aromatic N) is 4. The average molecular weight is 481 g/mol. The van der Waals surface area contributed by atoms with Crippen molar-refractivity contribution in [1.82, 2.24) is 9.80 Å². The minimum absolute atomic E-state index is 0.000534. The van der Waals surface area contributed by atoms with Gasteiger partial charge in [0.1, 0.15) is 25.1 Å². The van der Waals surface area contributed by atoms with Gasteiger partial charge in [0.15, 0.2) is 0 Å². The molecule has 1 N–H and O–H groups in total. The van der Waals surface area contributed by atoms with Gasteiger partial charge in [-0.15, -0.1) is 0 Å². The number of nitro groups is 1. The van der Waals surface area contributed by atoms with Crippen LogP contribution in [0.5, 0.6) is 5.75 Å². The second kappa shape index (κ2) is 11.2. The lowest BCUT2D eigenvalue weighted by Gasteiger charge is -2.45. The van der Waals surface area contributed by atoms with Crippen molar-refractivity contribution < 1.29 is 24.3 Å². The minimum Gasteiger partial charge on any atom is -0.491 e. The van der Waals surface area contributed by atoms with Crippen LogP contribution < -0.4 is 4.74 Å². The number of benzene rings is 2. The van der Waals surface area contributed by atoms with Crippen LogP contribution in [-0.2, 0) is 11.3 Å². The lowest BCUT2D eigenvalue weighted by Crippen LogP contribution is -2.55. The SMILES string of the molecule is N#Cc1ccc(OCC(O)CN2CC3CC(C2)CN(C(=O)OCc2ccc([N+](=O)[O-])cc2)C3)cc1. The highest BCUT2D eigenvalue weighted by Crippen LogP contribution is 2.29. The van der Waals surface area contributed by atoms with Crippen LogP contribution in [0.15, 0.2) is 48.5 Å². The third-order valence-corrected chi connectivity index (χ3v) is 6.32. The minimum atomic E-state index is -0.646. The first-order valence-corrected chi connectivity index (χ1v) is 11.6. The number of hydrogen-bond donors (Lipinski definition) is 1. The zero-order valence-corrected chi connectivity index (χ0v) is 19.3. The molecule has 3 atom stereocenters. The molecule has 0 aromatic heterocycles. The van der Waals surface area contributed by atoms with Crippen molar-refractivity contribution in [2.45, 2.75) is 19.1 Å². The fourth-order valence-electron chi connectivity index (χ4n) is 4.80. The van der Waals surface area contributed by atoms with Crippen LogP contribution in [0.2, 0.25) is 0 Å². The summed E-state index contributed by atoms with van der Waals surface area (Å²) in [5, 5.41) is 30.1. The highest BCUT2D eigenvalue weighted by atomic mass is 16.6. The van der Waals surface area contributed by atoms with E-state index < -0.39 is 11.0 Å². The van der Waals surface area contributed by atoms with E-state index in [1.54, 1.807) is 41.3 Å². The Kier molecular flexibility index (Phi) is 7.80. The van der Waals surface area contributed by atoms with Crippen LogP contribution in [-0.4, -0.2) is 71.4 Å². The molecule has 2 bridgehead atoms. The molecule has 2 aromatic rings. The number of hydrogen-bond acceptors (Lipinski definition) is 8. The predicted molar refractivity (Wildman–Crippen MR) is 126 cm³/mol. The summed E-state index contributed by atoms with van der Waals surface area (Å²) in [6, 6.07) is 14.8. The second-order valence-electron chi connectivity index (χ2n) is 9.17. The molecular formula is C25H28N4O6. The molecule has 2 aliphatic rings. The molecule has 0 radical (unpaired) electrons. The number of nitriles is 1. The molecule has 4 rings (SSSR count). The Labute approximate surface area is 203 Å². The van der Waals surface area contributed by atoms with E-state index in [0.29, 0.717) is 48.3 Å². The number of fused-ring (bicyclic) bond motifs is 2. The van der Waals surface area contributed by atoms with Crippen LogP contribution in [0.4, 0.5) is 10.5 Å². The van der Waals surface area contributed by atoms with Gasteiger partial charge in [-0.05, 0) is 60.2 Å². The molecule has 2 heterocycles. The Morgan fingerprint density at radius 1 is 1.11 bits per heavy atom. The number of β-amino-alcohol motifs (C(OH)–C–C–N with tert-alkyl or cyclic N) is 1. The van der Waals surface area contributed by atoms with Gasteiger partial charge in [0.2, 0.25) is 0 Å². The normalized spacial score (nSPS) is 20.5. The van der Waals surface area contributed by atoms with E-state index in [9.17, 15) is 20.0 Å². The topological polar surface area (TPSA) is 129 Å². The van der Waals surface area contributed by atoms with E-state index >= 15 is 0 Å². The molecule has 1 amide bonds. The summed E-state index contributed by atoms with van der Waals surface area (Å²) in [5.41, 5.74) is 1.26. The smallest absolute Gasteiger partial charge is 0.410 e. The maximum atomic E-state index is 12.6. The lowest BCUT2D eigenvalue weighted by atomic mass is 9.84. The quantitative estimate of drug-likeness (QED) is 0.451.